The topological polar surface area (TPSA) is 100 Å². The molecule has 0 aliphatic heterocycles. The molecule has 0 aromatic heterocycles. The molecule has 7 nitrogen and oxygen atoms in total. The molecule has 27 heavy (non-hydrogen) atoms. The van der Waals surface area contributed by atoms with Gasteiger partial charge in [0.25, 0.3) is 5.91 Å². The number of benzene rings is 2. The van der Waals surface area contributed by atoms with Gasteiger partial charge in [-0.05, 0) is 44.5 Å². The van der Waals surface area contributed by atoms with Gasteiger partial charge in [0.05, 0.1) is 18.7 Å². The number of nitrogens with zero attached hydrogens (tertiary/aromatic N) is 1. The number of anilines is 1. The standard InChI is InChI=1S/C20H21N3O4/c1-12-5-7-16(13(2)9-12)22-20(25)23-19(24)14(3)27-17-8-6-15(11-21)10-18(17)26-4/h5-10,14H,1-4H3,(H2,22,23,24,25)/t14-/m0/s1. The Morgan fingerprint density at radius 1 is 1.11 bits per heavy atom. The zero-order valence-corrected chi connectivity index (χ0v) is 15.6. The zero-order valence-electron chi connectivity index (χ0n) is 15.6. The van der Waals surface area contributed by atoms with E-state index in [1.807, 2.05) is 32.0 Å². The lowest BCUT2D eigenvalue weighted by atomic mass is 10.1. The summed E-state index contributed by atoms with van der Waals surface area (Å²) in [7, 11) is 1.44. The van der Waals surface area contributed by atoms with Crippen molar-refractivity contribution >= 4 is 17.6 Å². The van der Waals surface area contributed by atoms with E-state index >= 15 is 0 Å². The highest BCUT2D eigenvalue weighted by molar-refractivity contribution is 6.02. The largest absolute Gasteiger partial charge is 0.493 e. The third-order valence-electron chi connectivity index (χ3n) is 3.83. The van der Waals surface area contributed by atoms with Gasteiger partial charge in [-0.2, -0.15) is 5.26 Å². The van der Waals surface area contributed by atoms with Crippen LogP contribution in [0.1, 0.15) is 23.6 Å². The highest BCUT2D eigenvalue weighted by atomic mass is 16.5. The van der Waals surface area contributed by atoms with Gasteiger partial charge in [0, 0.05) is 11.8 Å². The first-order valence-electron chi connectivity index (χ1n) is 8.28. The molecule has 0 bridgehead atoms. The molecule has 0 aliphatic rings. The molecule has 7 heteroatoms. The molecule has 2 aromatic rings. The summed E-state index contributed by atoms with van der Waals surface area (Å²) in [4.78, 5) is 24.3. The van der Waals surface area contributed by atoms with Crippen LogP contribution in [0.15, 0.2) is 36.4 Å². The summed E-state index contributed by atoms with van der Waals surface area (Å²) in [6, 6.07) is 11.5. The summed E-state index contributed by atoms with van der Waals surface area (Å²) in [6.07, 6.45) is -0.947. The molecule has 0 aliphatic carbocycles. The molecule has 3 amide bonds. The second-order valence-electron chi connectivity index (χ2n) is 6.00. The van der Waals surface area contributed by atoms with E-state index in [9.17, 15) is 9.59 Å². The van der Waals surface area contributed by atoms with Crippen LogP contribution in [0.4, 0.5) is 10.5 Å². The molecule has 0 unspecified atom stereocenters. The minimum absolute atomic E-state index is 0.300. The van der Waals surface area contributed by atoms with E-state index in [0.717, 1.165) is 11.1 Å². The van der Waals surface area contributed by atoms with Crippen molar-refractivity contribution in [2.45, 2.75) is 26.9 Å². The number of nitriles is 1. The van der Waals surface area contributed by atoms with E-state index in [4.69, 9.17) is 14.7 Å². The Morgan fingerprint density at radius 2 is 1.85 bits per heavy atom. The fraction of sp³-hybridized carbons (Fsp3) is 0.250. The van der Waals surface area contributed by atoms with Crippen molar-refractivity contribution in [3.05, 3.63) is 53.1 Å². The minimum atomic E-state index is -0.947. The van der Waals surface area contributed by atoms with Crippen LogP contribution >= 0.6 is 0 Å². The van der Waals surface area contributed by atoms with Crippen molar-refractivity contribution in [3.63, 3.8) is 0 Å². The van der Waals surface area contributed by atoms with Crippen molar-refractivity contribution in [1.29, 1.82) is 5.26 Å². The summed E-state index contributed by atoms with van der Waals surface area (Å²) >= 11 is 0. The number of methoxy groups -OCH3 is 1. The average molecular weight is 367 g/mol. The zero-order chi connectivity index (χ0) is 20.0. The first-order valence-corrected chi connectivity index (χ1v) is 8.28. The molecule has 0 heterocycles. The number of ether oxygens (including phenoxy) is 2. The van der Waals surface area contributed by atoms with E-state index in [1.165, 1.54) is 26.2 Å². The van der Waals surface area contributed by atoms with Gasteiger partial charge in [-0.3, -0.25) is 10.1 Å². The first-order chi connectivity index (χ1) is 12.8. The Labute approximate surface area is 157 Å². The summed E-state index contributed by atoms with van der Waals surface area (Å²) in [5, 5.41) is 13.8. The maximum absolute atomic E-state index is 12.2. The number of carbonyl (C=O) groups is 2. The van der Waals surface area contributed by atoms with Crippen LogP contribution in [0, 0.1) is 25.2 Å². The maximum Gasteiger partial charge on any atom is 0.325 e. The molecule has 0 spiro atoms. The molecule has 2 rings (SSSR count). The lowest BCUT2D eigenvalue weighted by Crippen LogP contribution is -2.42. The van der Waals surface area contributed by atoms with Crippen molar-refractivity contribution < 1.29 is 19.1 Å². The summed E-state index contributed by atoms with van der Waals surface area (Å²) in [5.74, 6) is 0.0195. The van der Waals surface area contributed by atoms with Crippen LogP contribution in [0.25, 0.3) is 0 Å². The number of rotatable bonds is 5. The van der Waals surface area contributed by atoms with Crippen LogP contribution in [-0.4, -0.2) is 25.2 Å². The molecule has 0 saturated heterocycles. The summed E-state index contributed by atoms with van der Waals surface area (Å²) in [6.45, 7) is 5.33. The number of carbonyl (C=O) groups excluding carboxylic acids is 2. The molecule has 1 atom stereocenters. The Balaban J connectivity index is 1.99. The third-order valence-corrected chi connectivity index (χ3v) is 3.83. The maximum atomic E-state index is 12.2. The van der Waals surface area contributed by atoms with Crippen LogP contribution in [-0.2, 0) is 4.79 Å². The van der Waals surface area contributed by atoms with Crippen LogP contribution in [0.5, 0.6) is 11.5 Å². The third kappa shape index (κ3) is 5.22. The fourth-order valence-electron chi connectivity index (χ4n) is 2.40. The molecule has 0 saturated carbocycles. The van der Waals surface area contributed by atoms with E-state index in [2.05, 4.69) is 10.6 Å². The molecule has 0 fully saturated rings. The van der Waals surface area contributed by atoms with Gasteiger partial charge in [0.15, 0.2) is 17.6 Å². The molecule has 2 N–H and O–H groups in total. The molecule has 2 aromatic carbocycles. The van der Waals surface area contributed by atoms with Crippen molar-refractivity contribution in [1.82, 2.24) is 5.32 Å². The van der Waals surface area contributed by atoms with Gasteiger partial charge in [-0.15, -0.1) is 0 Å². The van der Waals surface area contributed by atoms with Crippen LogP contribution in [0.3, 0.4) is 0 Å². The van der Waals surface area contributed by atoms with Crippen molar-refractivity contribution in [2.24, 2.45) is 0 Å². The Hall–Kier alpha value is -3.53. The fourth-order valence-corrected chi connectivity index (χ4v) is 2.40. The Morgan fingerprint density at radius 3 is 2.48 bits per heavy atom. The SMILES string of the molecule is COc1cc(C#N)ccc1O[C@@H](C)C(=O)NC(=O)Nc1ccc(C)cc1C. The second kappa shape index (κ2) is 8.72. The van der Waals surface area contributed by atoms with E-state index in [-0.39, 0.29) is 0 Å². The van der Waals surface area contributed by atoms with Gasteiger partial charge < -0.3 is 14.8 Å². The highest BCUT2D eigenvalue weighted by Gasteiger charge is 2.19. The predicted octanol–water partition coefficient (Wildman–Crippen LogP) is 3.30. The van der Waals surface area contributed by atoms with Crippen molar-refractivity contribution in [2.75, 3.05) is 12.4 Å². The summed E-state index contributed by atoms with van der Waals surface area (Å²) in [5.41, 5.74) is 2.99. The van der Waals surface area contributed by atoms with E-state index in [0.29, 0.717) is 22.7 Å². The monoisotopic (exact) mass is 367 g/mol. The average Bonchev–Trinajstić information content (AvgIpc) is 2.64. The highest BCUT2D eigenvalue weighted by Crippen LogP contribution is 2.28. The predicted molar refractivity (Wildman–Crippen MR) is 101 cm³/mol. The van der Waals surface area contributed by atoms with Gasteiger partial charge in [0.2, 0.25) is 0 Å². The lowest BCUT2D eigenvalue weighted by molar-refractivity contribution is -0.126. The molecular formula is C20H21N3O4. The molecule has 0 radical (unpaired) electrons. The van der Waals surface area contributed by atoms with Crippen LogP contribution in [0.2, 0.25) is 0 Å². The summed E-state index contributed by atoms with van der Waals surface area (Å²) < 4.78 is 10.7. The first kappa shape index (κ1) is 19.8. The smallest absolute Gasteiger partial charge is 0.325 e. The quantitative estimate of drug-likeness (QED) is 0.844. The minimum Gasteiger partial charge on any atom is -0.493 e. The van der Waals surface area contributed by atoms with E-state index in [1.54, 1.807) is 12.1 Å². The second-order valence-corrected chi connectivity index (χ2v) is 6.00. The molecular weight excluding hydrogens is 346 g/mol. The van der Waals surface area contributed by atoms with Crippen LogP contribution < -0.4 is 20.1 Å². The lowest BCUT2D eigenvalue weighted by Gasteiger charge is -2.17. The molecule has 140 valence electrons. The Bertz CT molecular complexity index is 903. The number of urea groups is 1. The Kier molecular flexibility index (Phi) is 6.39. The number of hydrogen-bond donors (Lipinski definition) is 2. The van der Waals surface area contributed by atoms with Gasteiger partial charge in [-0.25, -0.2) is 4.79 Å². The number of nitrogens with one attached hydrogen (secondary N) is 2. The van der Waals surface area contributed by atoms with Gasteiger partial charge in [-0.1, -0.05) is 17.7 Å². The number of aryl methyl sites for hydroxylation is 2. The van der Waals surface area contributed by atoms with E-state index < -0.39 is 18.0 Å². The van der Waals surface area contributed by atoms with Gasteiger partial charge in [0.1, 0.15) is 0 Å². The normalized spacial score (nSPS) is 11.1. The number of amides is 3. The number of imide groups is 1. The van der Waals surface area contributed by atoms with Gasteiger partial charge >= 0.3 is 6.03 Å². The number of hydrogen-bond acceptors (Lipinski definition) is 5. The van der Waals surface area contributed by atoms with Crippen molar-refractivity contribution in [3.8, 4) is 17.6 Å².